The normalized spacial score (nSPS) is 11.5. The highest BCUT2D eigenvalue weighted by Gasteiger charge is 2.18. The van der Waals surface area contributed by atoms with Crippen LogP contribution in [0, 0.1) is 0 Å². The lowest BCUT2D eigenvalue weighted by Crippen LogP contribution is -2.21. The van der Waals surface area contributed by atoms with Gasteiger partial charge in [-0.25, -0.2) is 22.3 Å². The molecule has 0 radical (unpaired) electrons. The van der Waals surface area contributed by atoms with Gasteiger partial charge in [0.25, 0.3) is 12.3 Å². The molecule has 0 aliphatic carbocycles. The van der Waals surface area contributed by atoms with E-state index >= 15 is 0 Å². The van der Waals surface area contributed by atoms with Crippen molar-refractivity contribution in [2.24, 2.45) is 5.14 Å². The molecule has 186 valence electrons. The number of amides is 1. The molecule has 0 atom stereocenters. The van der Waals surface area contributed by atoms with Crippen LogP contribution in [0.2, 0.25) is 10.0 Å². The minimum absolute atomic E-state index is 0.0341. The number of ether oxygens (including phenoxy) is 1. The number of benzene rings is 3. The van der Waals surface area contributed by atoms with E-state index in [1.807, 2.05) is 0 Å². The van der Waals surface area contributed by atoms with Crippen LogP contribution in [0.1, 0.15) is 15.9 Å². The lowest BCUT2D eigenvalue weighted by molar-refractivity contribution is 0.102. The van der Waals surface area contributed by atoms with Gasteiger partial charge in [0.2, 0.25) is 10.0 Å². The van der Waals surface area contributed by atoms with Crippen LogP contribution in [0.25, 0.3) is 11.1 Å². The predicted octanol–water partition coefficient (Wildman–Crippen LogP) is 4.92. The number of sulfonamides is 1. The molecule has 35 heavy (non-hydrogen) atoms. The molecule has 0 unspecified atom stereocenters. The number of rotatable bonds is 9. The van der Waals surface area contributed by atoms with Crippen molar-refractivity contribution in [3.05, 3.63) is 75.8 Å². The number of alkyl halides is 2. The number of primary sulfonamides is 1. The van der Waals surface area contributed by atoms with E-state index in [2.05, 4.69) is 10.6 Å². The zero-order chi connectivity index (χ0) is 25.8. The van der Waals surface area contributed by atoms with Gasteiger partial charge in [0.1, 0.15) is 10.6 Å². The number of hydrogen-bond acceptors (Lipinski definition) is 5. The third-order valence-electron chi connectivity index (χ3n) is 4.93. The van der Waals surface area contributed by atoms with Crippen LogP contribution < -0.4 is 20.5 Å². The zero-order valence-corrected chi connectivity index (χ0v) is 20.6. The molecular formula is C23H21Cl2F2N3O4S. The Hall–Kier alpha value is -2.76. The van der Waals surface area contributed by atoms with Gasteiger partial charge in [0.15, 0.2) is 0 Å². The molecule has 0 aliphatic heterocycles. The number of nitrogens with two attached hydrogens (primary N) is 1. The summed E-state index contributed by atoms with van der Waals surface area (Å²) >= 11 is 12.4. The fraction of sp³-hybridized carbons (Fsp3) is 0.174. The molecule has 0 aliphatic rings. The maximum atomic E-state index is 12.9. The second-order valence-electron chi connectivity index (χ2n) is 7.38. The number of carbonyl (C=O) groups excluding carboxylic acids is 1. The van der Waals surface area contributed by atoms with Gasteiger partial charge >= 0.3 is 0 Å². The van der Waals surface area contributed by atoms with Crippen LogP contribution in [-0.4, -0.2) is 34.4 Å². The number of methoxy groups -OCH3 is 1. The van der Waals surface area contributed by atoms with Crippen LogP contribution in [0.4, 0.5) is 14.5 Å². The number of anilines is 1. The lowest BCUT2D eigenvalue weighted by Gasteiger charge is -2.15. The molecule has 3 rings (SSSR count). The van der Waals surface area contributed by atoms with E-state index in [1.54, 1.807) is 36.4 Å². The molecule has 0 saturated heterocycles. The maximum absolute atomic E-state index is 12.9. The van der Waals surface area contributed by atoms with Crippen molar-refractivity contribution in [3.63, 3.8) is 0 Å². The molecule has 3 aromatic carbocycles. The third-order valence-corrected chi connectivity index (χ3v) is 6.44. The summed E-state index contributed by atoms with van der Waals surface area (Å²) in [6, 6.07) is 13.5. The van der Waals surface area contributed by atoms with Gasteiger partial charge in [-0.15, -0.1) is 0 Å². The lowest BCUT2D eigenvalue weighted by atomic mass is 9.97. The zero-order valence-electron chi connectivity index (χ0n) is 18.3. The highest BCUT2D eigenvalue weighted by molar-refractivity contribution is 7.89. The van der Waals surface area contributed by atoms with E-state index in [0.717, 1.165) is 0 Å². The van der Waals surface area contributed by atoms with E-state index in [1.165, 1.54) is 25.3 Å². The second kappa shape index (κ2) is 11.3. The fourth-order valence-corrected chi connectivity index (χ4v) is 4.42. The van der Waals surface area contributed by atoms with Gasteiger partial charge < -0.3 is 15.4 Å². The minimum Gasteiger partial charge on any atom is -0.495 e. The first-order chi connectivity index (χ1) is 16.5. The summed E-state index contributed by atoms with van der Waals surface area (Å²) in [5.41, 5.74) is 2.25. The van der Waals surface area contributed by atoms with Gasteiger partial charge in [-0.3, -0.25) is 4.79 Å². The molecule has 0 aromatic heterocycles. The second-order valence-corrected chi connectivity index (χ2v) is 9.76. The molecule has 0 spiro atoms. The van der Waals surface area contributed by atoms with Gasteiger partial charge in [0, 0.05) is 39.5 Å². The Kier molecular flexibility index (Phi) is 8.68. The van der Waals surface area contributed by atoms with E-state index in [0.29, 0.717) is 26.7 Å². The first-order valence-corrected chi connectivity index (χ1v) is 12.4. The predicted molar refractivity (Wildman–Crippen MR) is 132 cm³/mol. The topological polar surface area (TPSA) is 111 Å². The summed E-state index contributed by atoms with van der Waals surface area (Å²) < 4.78 is 53.7. The molecular weight excluding hydrogens is 523 g/mol. The average Bonchev–Trinajstić information content (AvgIpc) is 2.79. The molecule has 0 fully saturated rings. The molecule has 0 saturated carbocycles. The Morgan fingerprint density at radius 3 is 2.46 bits per heavy atom. The van der Waals surface area contributed by atoms with Crippen LogP contribution in [0.3, 0.4) is 0 Å². The van der Waals surface area contributed by atoms with E-state index < -0.39 is 28.9 Å². The summed E-state index contributed by atoms with van der Waals surface area (Å²) in [4.78, 5) is 12.7. The molecule has 1 amide bonds. The van der Waals surface area contributed by atoms with E-state index in [-0.39, 0.29) is 28.4 Å². The quantitative estimate of drug-likeness (QED) is 0.354. The molecule has 12 heteroatoms. The highest BCUT2D eigenvalue weighted by atomic mass is 35.5. The Labute approximate surface area is 211 Å². The number of nitrogens with one attached hydrogen (secondary N) is 2. The van der Waals surface area contributed by atoms with E-state index in [9.17, 15) is 22.0 Å². The van der Waals surface area contributed by atoms with Gasteiger partial charge in [-0.2, -0.15) is 0 Å². The summed E-state index contributed by atoms with van der Waals surface area (Å²) in [6.07, 6.45) is -2.55. The number of hydrogen-bond donors (Lipinski definition) is 3. The molecule has 0 heterocycles. The third kappa shape index (κ3) is 6.89. The van der Waals surface area contributed by atoms with Crippen molar-refractivity contribution < 1.29 is 26.7 Å². The summed E-state index contributed by atoms with van der Waals surface area (Å²) in [6.45, 7) is -0.490. The van der Waals surface area contributed by atoms with Gasteiger partial charge in [-0.05, 0) is 53.6 Å². The van der Waals surface area contributed by atoms with Crippen LogP contribution in [0.5, 0.6) is 5.75 Å². The van der Waals surface area contributed by atoms with Crippen molar-refractivity contribution in [2.45, 2.75) is 17.9 Å². The van der Waals surface area contributed by atoms with Crippen LogP contribution in [0.15, 0.2) is 59.5 Å². The monoisotopic (exact) mass is 543 g/mol. The van der Waals surface area contributed by atoms with Gasteiger partial charge in [0.05, 0.1) is 13.7 Å². The average molecular weight is 544 g/mol. The maximum Gasteiger partial charge on any atom is 0.255 e. The summed E-state index contributed by atoms with van der Waals surface area (Å²) in [7, 11) is -2.75. The molecule has 0 bridgehead atoms. The first-order valence-electron chi connectivity index (χ1n) is 10.1. The fourth-order valence-electron chi connectivity index (χ4n) is 3.35. The van der Waals surface area contributed by atoms with E-state index in [4.69, 9.17) is 33.1 Å². The number of halogens is 4. The Morgan fingerprint density at radius 2 is 1.80 bits per heavy atom. The van der Waals surface area contributed by atoms with Crippen molar-refractivity contribution in [1.82, 2.24) is 5.32 Å². The van der Waals surface area contributed by atoms with Crippen molar-refractivity contribution in [2.75, 3.05) is 19.0 Å². The molecule has 3 aromatic rings. The summed E-state index contributed by atoms with van der Waals surface area (Å²) in [5.74, 6) is -0.553. The van der Waals surface area contributed by atoms with Crippen LogP contribution >= 0.6 is 23.2 Å². The number of carbonyl (C=O) groups is 1. The first kappa shape index (κ1) is 26.8. The molecule has 7 nitrogen and oxygen atoms in total. The van der Waals surface area contributed by atoms with Crippen molar-refractivity contribution in [3.8, 4) is 16.9 Å². The van der Waals surface area contributed by atoms with Crippen molar-refractivity contribution in [1.29, 1.82) is 0 Å². The SMILES string of the molecule is COc1cc(NC(=O)c2ccc(-c3cc(Cl)ccc3Cl)c(CNCC(F)F)c2)ccc1S(N)(=O)=O. The smallest absolute Gasteiger partial charge is 0.255 e. The summed E-state index contributed by atoms with van der Waals surface area (Å²) in [5, 5.41) is 11.3. The van der Waals surface area contributed by atoms with Crippen LogP contribution in [-0.2, 0) is 16.6 Å². The Balaban J connectivity index is 1.94. The van der Waals surface area contributed by atoms with Gasteiger partial charge in [-0.1, -0.05) is 29.3 Å². The van der Waals surface area contributed by atoms with Crippen molar-refractivity contribution >= 4 is 44.8 Å². The standard InChI is InChI=1S/C23H21Cl2F2N3O4S/c1-34-20-10-16(4-7-21(20)35(28,32)33)30-23(31)13-2-5-17(14(8-13)11-29-12-22(26)27)18-9-15(24)3-6-19(18)25/h2-10,22,29H,11-12H2,1H3,(H,30,31)(H2,28,32,33). The largest absolute Gasteiger partial charge is 0.495 e. The highest BCUT2D eigenvalue weighted by Crippen LogP contribution is 2.34. The Bertz CT molecular complexity index is 1350. The minimum atomic E-state index is -4.02. The molecule has 4 N–H and O–H groups in total. The Morgan fingerprint density at radius 1 is 1.06 bits per heavy atom.